The second-order valence-electron chi connectivity index (χ2n) is 4.85. The Kier molecular flexibility index (Phi) is 4.96. The minimum atomic E-state index is -0.801. The van der Waals surface area contributed by atoms with Gasteiger partial charge in [-0.3, -0.25) is 19.1 Å². The molecule has 8 nitrogen and oxygen atoms in total. The number of hydrogen-bond acceptors (Lipinski definition) is 5. The van der Waals surface area contributed by atoms with Crippen molar-refractivity contribution < 1.29 is 14.6 Å². The van der Waals surface area contributed by atoms with Crippen LogP contribution in [0.25, 0.3) is 0 Å². The van der Waals surface area contributed by atoms with Crippen LogP contribution < -0.4 is 16.6 Å². The molecule has 21 heavy (non-hydrogen) atoms. The second kappa shape index (κ2) is 6.54. The van der Waals surface area contributed by atoms with Gasteiger partial charge in [0.1, 0.15) is 12.3 Å². The number of aliphatic hydroxyl groups is 1. The van der Waals surface area contributed by atoms with Crippen LogP contribution in [0.3, 0.4) is 0 Å². The van der Waals surface area contributed by atoms with Crippen molar-refractivity contribution in [1.82, 2.24) is 14.9 Å². The SMILES string of the molecule is Cc1cn([C@@H]2C[C@H](O)[C@H](CNC(=O)CBr)O2)c(=O)[nH]c1=O. The van der Waals surface area contributed by atoms with E-state index in [4.69, 9.17) is 4.74 Å². The maximum Gasteiger partial charge on any atom is 0.330 e. The molecule has 3 atom stereocenters. The molecule has 116 valence electrons. The van der Waals surface area contributed by atoms with Crippen molar-refractivity contribution in [3.05, 3.63) is 32.6 Å². The molecule has 2 heterocycles. The highest BCUT2D eigenvalue weighted by Crippen LogP contribution is 2.27. The predicted octanol–water partition coefficient (Wildman–Crippen LogP) is -0.995. The van der Waals surface area contributed by atoms with Gasteiger partial charge in [0.15, 0.2) is 0 Å². The molecule has 1 saturated heterocycles. The summed E-state index contributed by atoms with van der Waals surface area (Å²) in [7, 11) is 0. The van der Waals surface area contributed by atoms with Crippen molar-refractivity contribution in [2.45, 2.75) is 31.8 Å². The number of hydrogen-bond donors (Lipinski definition) is 3. The largest absolute Gasteiger partial charge is 0.390 e. The summed E-state index contributed by atoms with van der Waals surface area (Å²) in [4.78, 5) is 36.5. The molecular formula is C12H16BrN3O5. The van der Waals surface area contributed by atoms with E-state index in [0.29, 0.717) is 5.56 Å². The summed E-state index contributed by atoms with van der Waals surface area (Å²) in [6.07, 6.45) is -0.464. The third-order valence-corrected chi connectivity index (χ3v) is 3.79. The smallest absolute Gasteiger partial charge is 0.330 e. The highest BCUT2D eigenvalue weighted by atomic mass is 79.9. The van der Waals surface area contributed by atoms with E-state index in [9.17, 15) is 19.5 Å². The van der Waals surface area contributed by atoms with E-state index in [-0.39, 0.29) is 24.2 Å². The Morgan fingerprint density at radius 2 is 2.33 bits per heavy atom. The van der Waals surface area contributed by atoms with Gasteiger partial charge < -0.3 is 15.2 Å². The van der Waals surface area contributed by atoms with Crippen molar-refractivity contribution in [2.24, 2.45) is 0 Å². The zero-order valence-corrected chi connectivity index (χ0v) is 12.9. The van der Waals surface area contributed by atoms with Crippen LogP contribution in [-0.2, 0) is 9.53 Å². The molecule has 0 aromatic carbocycles. The maximum atomic E-state index is 11.8. The van der Waals surface area contributed by atoms with Gasteiger partial charge in [-0.1, -0.05) is 15.9 Å². The lowest BCUT2D eigenvalue weighted by molar-refractivity contribution is -0.119. The molecular weight excluding hydrogens is 346 g/mol. The number of amides is 1. The third kappa shape index (κ3) is 3.60. The fourth-order valence-corrected chi connectivity index (χ4v) is 2.33. The molecule has 0 bridgehead atoms. The Labute approximate surface area is 128 Å². The van der Waals surface area contributed by atoms with Crippen LogP contribution in [0.4, 0.5) is 0 Å². The molecule has 1 fully saturated rings. The molecule has 0 aliphatic carbocycles. The minimum absolute atomic E-state index is 0.152. The molecule has 9 heteroatoms. The Bertz CT molecular complexity index is 641. The summed E-state index contributed by atoms with van der Waals surface area (Å²) in [5, 5.41) is 12.7. The number of rotatable bonds is 4. The summed E-state index contributed by atoms with van der Waals surface area (Å²) >= 11 is 3.02. The van der Waals surface area contributed by atoms with Gasteiger partial charge in [-0.2, -0.15) is 0 Å². The number of ether oxygens (including phenoxy) is 1. The van der Waals surface area contributed by atoms with Crippen molar-refractivity contribution in [3.8, 4) is 0 Å². The summed E-state index contributed by atoms with van der Waals surface area (Å²) in [6.45, 7) is 1.73. The summed E-state index contributed by atoms with van der Waals surface area (Å²) in [5.74, 6) is -0.216. The Balaban J connectivity index is 2.10. The summed E-state index contributed by atoms with van der Waals surface area (Å²) in [6, 6.07) is 0. The zero-order chi connectivity index (χ0) is 15.6. The second-order valence-corrected chi connectivity index (χ2v) is 5.41. The first-order chi connectivity index (χ1) is 9.92. The monoisotopic (exact) mass is 361 g/mol. The minimum Gasteiger partial charge on any atom is -0.390 e. The van der Waals surface area contributed by atoms with E-state index in [0.717, 1.165) is 0 Å². The first kappa shape index (κ1) is 15.9. The van der Waals surface area contributed by atoms with Crippen LogP contribution in [0.1, 0.15) is 18.2 Å². The first-order valence-electron chi connectivity index (χ1n) is 6.40. The topological polar surface area (TPSA) is 113 Å². The highest BCUT2D eigenvalue weighted by Gasteiger charge is 2.35. The van der Waals surface area contributed by atoms with Gasteiger partial charge in [0.2, 0.25) is 5.91 Å². The lowest BCUT2D eigenvalue weighted by Crippen LogP contribution is -2.37. The van der Waals surface area contributed by atoms with E-state index >= 15 is 0 Å². The lowest BCUT2D eigenvalue weighted by Gasteiger charge is -2.16. The zero-order valence-electron chi connectivity index (χ0n) is 11.3. The predicted molar refractivity (Wildman–Crippen MR) is 77.4 cm³/mol. The highest BCUT2D eigenvalue weighted by molar-refractivity contribution is 9.09. The fraction of sp³-hybridized carbons (Fsp3) is 0.583. The van der Waals surface area contributed by atoms with E-state index in [1.165, 1.54) is 10.8 Å². The number of nitrogens with one attached hydrogen (secondary N) is 2. The molecule has 1 aliphatic heterocycles. The van der Waals surface area contributed by atoms with Crippen molar-refractivity contribution >= 4 is 21.8 Å². The van der Waals surface area contributed by atoms with Gasteiger partial charge in [-0.15, -0.1) is 0 Å². The molecule has 0 radical (unpaired) electrons. The fourth-order valence-electron chi connectivity index (χ4n) is 2.13. The average Bonchev–Trinajstić information content (AvgIpc) is 2.81. The molecule has 2 rings (SSSR count). The standard InChI is InChI=1S/C12H16BrN3O5/c1-6-5-16(12(20)15-11(6)19)10-2-7(17)8(21-10)4-14-9(18)3-13/h5,7-8,10,17H,2-4H2,1H3,(H,14,18)(H,15,19,20)/t7-,8-,10-/m0/s1. The number of aromatic amines is 1. The number of carbonyl (C=O) groups is 1. The average molecular weight is 362 g/mol. The first-order valence-corrected chi connectivity index (χ1v) is 7.52. The number of halogens is 1. The van der Waals surface area contributed by atoms with Gasteiger partial charge in [0.25, 0.3) is 5.56 Å². The van der Waals surface area contributed by atoms with Crippen LogP contribution in [0.2, 0.25) is 0 Å². The van der Waals surface area contributed by atoms with E-state index in [1.54, 1.807) is 6.92 Å². The van der Waals surface area contributed by atoms with Gasteiger partial charge >= 0.3 is 5.69 Å². The van der Waals surface area contributed by atoms with E-state index in [1.807, 2.05) is 0 Å². The molecule has 0 spiro atoms. The Morgan fingerprint density at radius 1 is 1.62 bits per heavy atom. The van der Waals surface area contributed by atoms with Crippen molar-refractivity contribution in [2.75, 3.05) is 11.9 Å². The van der Waals surface area contributed by atoms with Gasteiger partial charge in [0, 0.05) is 24.7 Å². The maximum absolute atomic E-state index is 11.8. The number of aliphatic hydroxyl groups excluding tert-OH is 1. The Morgan fingerprint density at radius 3 is 3.00 bits per heavy atom. The van der Waals surface area contributed by atoms with E-state index in [2.05, 4.69) is 26.2 Å². The van der Waals surface area contributed by atoms with Crippen molar-refractivity contribution in [1.29, 1.82) is 0 Å². The van der Waals surface area contributed by atoms with Crippen LogP contribution in [0.15, 0.2) is 15.8 Å². The van der Waals surface area contributed by atoms with Crippen LogP contribution >= 0.6 is 15.9 Å². The summed E-state index contributed by atoms with van der Waals surface area (Å²) in [5.41, 5.74) is -0.660. The summed E-state index contributed by atoms with van der Waals surface area (Å²) < 4.78 is 6.83. The quantitative estimate of drug-likeness (QED) is 0.595. The van der Waals surface area contributed by atoms with Gasteiger partial charge in [0.05, 0.1) is 11.4 Å². The number of aromatic nitrogens is 2. The number of alkyl halides is 1. The van der Waals surface area contributed by atoms with E-state index < -0.39 is 29.7 Å². The number of nitrogens with zero attached hydrogens (tertiary/aromatic N) is 1. The number of H-pyrrole nitrogens is 1. The number of aryl methyl sites for hydroxylation is 1. The third-order valence-electron chi connectivity index (χ3n) is 3.28. The van der Waals surface area contributed by atoms with Crippen molar-refractivity contribution in [3.63, 3.8) is 0 Å². The lowest BCUT2D eigenvalue weighted by atomic mass is 10.2. The van der Waals surface area contributed by atoms with Crippen LogP contribution in [-0.4, -0.2) is 44.6 Å². The molecule has 1 aromatic rings. The molecule has 0 saturated carbocycles. The molecule has 3 N–H and O–H groups in total. The molecule has 0 unspecified atom stereocenters. The molecule has 1 amide bonds. The molecule has 1 aliphatic rings. The number of carbonyl (C=O) groups excluding carboxylic acids is 1. The normalized spacial score (nSPS) is 25.0. The van der Waals surface area contributed by atoms with Gasteiger partial charge in [-0.25, -0.2) is 4.79 Å². The van der Waals surface area contributed by atoms with Crippen LogP contribution in [0.5, 0.6) is 0 Å². The van der Waals surface area contributed by atoms with Gasteiger partial charge in [-0.05, 0) is 6.92 Å². The molecule has 1 aromatic heterocycles. The van der Waals surface area contributed by atoms with Crippen LogP contribution in [0, 0.1) is 6.92 Å². The Hall–Kier alpha value is -1.45.